The van der Waals surface area contributed by atoms with E-state index in [0.717, 1.165) is 22.8 Å². The largest absolute Gasteiger partial charge is 0.381 e. The van der Waals surface area contributed by atoms with Crippen LogP contribution in [0.1, 0.15) is 19.3 Å². The molecule has 0 heterocycles. The zero-order valence-electron chi connectivity index (χ0n) is 5.81. The molecule has 1 atom stereocenters. The van der Waals surface area contributed by atoms with Crippen LogP contribution in [0.3, 0.4) is 0 Å². The standard InChI is InChI=1S/C8H11IO/c1-2-8(10)6-4-3-5-7(8)9/h2,5,10H,1,3-4,6H2. The molecule has 0 aromatic heterocycles. The summed E-state index contributed by atoms with van der Waals surface area (Å²) >= 11 is 2.18. The molecular formula is C8H11IO. The summed E-state index contributed by atoms with van der Waals surface area (Å²) in [5, 5.41) is 9.75. The van der Waals surface area contributed by atoms with Crippen molar-refractivity contribution in [2.75, 3.05) is 0 Å². The lowest BCUT2D eigenvalue weighted by atomic mass is 9.91. The van der Waals surface area contributed by atoms with E-state index in [2.05, 4.69) is 35.2 Å². The van der Waals surface area contributed by atoms with Gasteiger partial charge in [0.15, 0.2) is 0 Å². The molecule has 0 aliphatic heterocycles. The van der Waals surface area contributed by atoms with Crippen molar-refractivity contribution in [3.8, 4) is 0 Å². The van der Waals surface area contributed by atoms with E-state index in [1.807, 2.05) is 0 Å². The Morgan fingerprint density at radius 1 is 1.80 bits per heavy atom. The number of halogens is 1. The molecule has 0 bridgehead atoms. The number of allylic oxidation sites excluding steroid dienone is 1. The van der Waals surface area contributed by atoms with Crippen LogP contribution >= 0.6 is 22.6 Å². The van der Waals surface area contributed by atoms with Gasteiger partial charge >= 0.3 is 0 Å². The first-order valence-corrected chi connectivity index (χ1v) is 4.49. The highest BCUT2D eigenvalue weighted by Gasteiger charge is 2.27. The molecule has 0 amide bonds. The van der Waals surface area contributed by atoms with Crippen LogP contribution in [0.4, 0.5) is 0 Å². The maximum absolute atomic E-state index is 9.75. The minimum Gasteiger partial charge on any atom is -0.381 e. The number of aliphatic hydroxyl groups is 1. The monoisotopic (exact) mass is 250 g/mol. The maximum Gasteiger partial charge on any atom is 0.113 e. The van der Waals surface area contributed by atoms with Crippen molar-refractivity contribution >= 4 is 22.6 Å². The third kappa shape index (κ3) is 1.42. The first-order valence-electron chi connectivity index (χ1n) is 3.41. The minimum absolute atomic E-state index is 0.710. The van der Waals surface area contributed by atoms with E-state index in [1.165, 1.54) is 0 Å². The Morgan fingerprint density at radius 3 is 2.90 bits per heavy atom. The lowest BCUT2D eigenvalue weighted by Crippen LogP contribution is -2.27. The van der Waals surface area contributed by atoms with E-state index in [4.69, 9.17) is 0 Å². The molecule has 10 heavy (non-hydrogen) atoms. The second-order valence-electron chi connectivity index (χ2n) is 2.57. The highest BCUT2D eigenvalue weighted by atomic mass is 127. The number of hydrogen-bond acceptors (Lipinski definition) is 1. The van der Waals surface area contributed by atoms with Gasteiger partial charge in [0.2, 0.25) is 0 Å². The Morgan fingerprint density at radius 2 is 2.50 bits per heavy atom. The molecule has 0 fully saturated rings. The van der Waals surface area contributed by atoms with E-state index < -0.39 is 5.60 Å². The van der Waals surface area contributed by atoms with Gasteiger partial charge in [-0.3, -0.25) is 0 Å². The third-order valence-electron chi connectivity index (χ3n) is 1.84. The molecular weight excluding hydrogens is 239 g/mol. The van der Waals surface area contributed by atoms with Gasteiger partial charge in [-0.15, -0.1) is 0 Å². The maximum atomic E-state index is 9.75. The Bertz CT molecular complexity index is 174. The van der Waals surface area contributed by atoms with Crippen molar-refractivity contribution in [1.29, 1.82) is 0 Å². The van der Waals surface area contributed by atoms with E-state index in [9.17, 15) is 5.11 Å². The SMILES string of the molecule is C=CC1(O)CCCC=C1I. The lowest BCUT2D eigenvalue weighted by molar-refractivity contribution is 0.123. The van der Waals surface area contributed by atoms with Gasteiger partial charge in [-0.2, -0.15) is 0 Å². The van der Waals surface area contributed by atoms with Gasteiger partial charge in [0, 0.05) is 3.58 Å². The Hall–Kier alpha value is 0.170. The molecule has 0 spiro atoms. The summed E-state index contributed by atoms with van der Waals surface area (Å²) in [5.41, 5.74) is -0.710. The van der Waals surface area contributed by atoms with Gasteiger partial charge in [-0.25, -0.2) is 0 Å². The van der Waals surface area contributed by atoms with Gasteiger partial charge in [0.05, 0.1) is 0 Å². The second kappa shape index (κ2) is 3.05. The van der Waals surface area contributed by atoms with Crippen LogP contribution in [-0.2, 0) is 0 Å². The van der Waals surface area contributed by atoms with Gasteiger partial charge < -0.3 is 5.11 Å². The summed E-state index contributed by atoms with van der Waals surface area (Å²) in [5.74, 6) is 0. The summed E-state index contributed by atoms with van der Waals surface area (Å²) in [6, 6.07) is 0. The van der Waals surface area contributed by atoms with Crippen LogP contribution in [0.5, 0.6) is 0 Å². The van der Waals surface area contributed by atoms with Gasteiger partial charge in [-0.05, 0) is 41.9 Å². The summed E-state index contributed by atoms with van der Waals surface area (Å²) < 4.78 is 1.02. The predicted molar refractivity (Wildman–Crippen MR) is 51.1 cm³/mol. The van der Waals surface area contributed by atoms with Crippen LogP contribution < -0.4 is 0 Å². The molecule has 2 heteroatoms. The molecule has 0 radical (unpaired) electrons. The first kappa shape index (κ1) is 8.27. The van der Waals surface area contributed by atoms with E-state index in [1.54, 1.807) is 6.08 Å². The minimum atomic E-state index is -0.710. The number of hydrogen-bond donors (Lipinski definition) is 1. The normalized spacial score (nSPS) is 33.2. The van der Waals surface area contributed by atoms with Crippen molar-refractivity contribution in [3.05, 3.63) is 22.3 Å². The Labute approximate surface area is 75.0 Å². The fourth-order valence-corrected chi connectivity index (χ4v) is 1.90. The van der Waals surface area contributed by atoms with Crippen LogP contribution in [0.15, 0.2) is 22.3 Å². The smallest absolute Gasteiger partial charge is 0.113 e. The quantitative estimate of drug-likeness (QED) is 0.559. The van der Waals surface area contributed by atoms with Crippen LogP contribution in [0.25, 0.3) is 0 Å². The molecule has 56 valence electrons. The van der Waals surface area contributed by atoms with Crippen molar-refractivity contribution < 1.29 is 5.11 Å². The second-order valence-corrected chi connectivity index (χ2v) is 3.73. The van der Waals surface area contributed by atoms with Crippen molar-refractivity contribution in [2.24, 2.45) is 0 Å². The summed E-state index contributed by atoms with van der Waals surface area (Å²) in [6.45, 7) is 3.61. The van der Waals surface area contributed by atoms with Crippen LogP contribution in [0, 0.1) is 0 Å². The third-order valence-corrected chi connectivity index (χ3v) is 3.21. The van der Waals surface area contributed by atoms with E-state index in [0.29, 0.717) is 0 Å². The van der Waals surface area contributed by atoms with Crippen molar-refractivity contribution in [2.45, 2.75) is 24.9 Å². The fraction of sp³-hybridized carbons (Fsp3) is 0.500. The van der Waals surface area contributed by atoms with Gasteiger partial charge in [0.1, 0.15) is 5.60 Å². The number of rotatable bonds is 1. The summed E-state index contributed by atoms with van der Waals surface area (Å²) in [7, 11) is 0. The molecule has 1 aliphatic carbocycles. The van der Waals surface area contributed by atoms with Crippen LogP contribution in [0.2, 0.25) is 0 Å². The highest BCUT2D eigenvalue weighted by Crippen LogP contribution is 2.33. The summed E-state index contributed by atoms with van der Waals surface area (Å²) in [4.78, 5) is 0. The Kier molecular flexibility index (Phi) is 2.52. The molecule has 0 aromatic carbocycles. The average Bonchev–Trinajstić information content (AvgIpc) is 1.96. The highest BCUT2D eigenvalue weighted by molar-refractivity contribution is 14.1. The summed E-state index contributed by atoms with van der Waals surface area (Å²) in [6.07, 6.45) is 6.69. The molecule has 1 N–H and O–H groups in total. The average molecular weight is 250 g/mol. The van der Waals surface area contributed by atoms with Crippen molar-refractivity contribution in [1.82, 2.24) is 0 Å². The van der Waals surface area contributed by atoms with E-state index in [-0.39, 0.29) is 0 Å². The molecule has 1 rings (SSSR count). The molecule has 1 nitrogen and oxygen atoms in total. The van der Waals surface area contributed by atoms with Crippen molar-refractivity contribution in [3.63, 3.8) is 0 Å². The molecule has 1 aliphatic rings. The molecule has 0 aromatic rings. The first-order chi connectivity index (χ1) is 4.69. The molecule has 0 saturated carbocycles. The Balaban J connectivity index is 2.84. The zero-order chi connectivity index (χ0) is 7.61. The topological polar surface area (TPSA) is 20.2 Å². The zero-order valence-corrected chi connectivity index (χ0v) is 7.97. The molecule has 1 unspecified atom stereocenters. The lowest BCUT2D eigenvalue weighted by Gasteiger charge is -2.27. The van der Waals surface area contributed by atoms with Gasteiger partial charge in [0.25, 0.3) is 0 Å². The molecule has 0 saturated heterocycles. The fourth-order valence-electron chi connectivity index (χ4n) is 1.10. The van der Waals surface area contributed by atoms with E-state index >= 15 is 0 Å². The van der Waals surface area contributed by atoms with Crippen LogP contribution in [-0.4, -0.2) is 10.7 Å². The predicted octanol–water partition coefficient (Wildman–Crippen LogP) is 2.41. The van der Waals surface area contributed by atoms with Gasteiger partial charge in [-0.1, -0.05) is 18.7 Å².